The Morgan fingerprint density at radius 1 is 1.45 bits per heavy atom. The van der Waals surface area contributed by atoms with E-state index >= 15 is 0 Å². The Labute approximate surface area is 76.6 Å². The second kappa shape index (κ2) is 6.06. The van der Waals surface area contributed by atoms with E-state index in [4.69, 9.17) is 3.79 Å². The molecule has 1 aliphatic heterocycles. The van der Waals surface area contributed by atoms with Gasteiger partial charge >= 0.3 is 15.6 Å². The van der Waals surface area contributed by atoms with E-state index in [9.17, 15) is 0 Å². The van der Waals surface area contributed by atoms with E-state index < -0.39 is 0 Å². The first-order valence-electron chi connectivity index (χ1n) is 4.90. The molecule has 1 rings (SSSR count). The zero-order chi connectivity index (χ0) is 7.94. The summed E-state index contributed by atoms with van der Waals surface area (Å²) in [5.74, 6) is 0. The summed E-state index contributed by atoms with van der Waals surface area (Å²) in [5.41, 5.74) is 0. The van der Waals surface area contributed by atoms with Gasteiger partial charge in [-0.2, -0.15) is 0 Å². The largest absolute Gasteiger partial charge is 0.504 e. The number of rotatable bonds is 4. The first kappa shape index (κ1) is 9.58. The lowest BCUT2D eigenvalue weighted by atomic mass is 10.1. The smallest absolute Gasteiger partial charge is 0.423 e. The van der Waals surface area contributed by atoms with Crippen molar-refractivity contribution in [3.8, 4) is 0 Å². The molecule has 1 radical (unpaired) electrons. The molecule has 1 aliphatic rings. The maximum atomic E-state index is 5.71. The van der Waals surface area contributed by atoms with Crippen molar-refractivity contribution in [1.29, 1.82) is 0 Å². The van der Waals surface area contributed by atoms with Gasteiger partial charge in [-0.05, 0) is 12.8 Å². The minimum atomic E-state index is 0.360. The van der Waals surface area contributed by atoms with Crippen LogP contribution in [-0.4, -0.2) is 21.7 Å². The van der Waals surface area contributed by atoms with Gasteiger partial charge in [0, 0.05) is 6.10 Å². The molecule has 1 fully saturated rings. The number of unbranched alkanes of at least 4 members (excludes halogenated alkanes) is 2. The minimum absolute atomic E-state index is 0.360. The van der Waals surface area contributed by atoms with Gasteiger partial charge in [-0.3, -0.25) is 0 Å². The van der Waals surface area contributed by atoms with Crippen LogP contribution in [0.4, 0.5) is 0 Å². The average Bonchev–Trinajstić information content (AvgIpc) is 2.07. The summed E-state index contributed by atoms with van der Waals surface area (Å²) < 4.78 is 5.71. The van der Waals surface area contributed by atoms with Crippen LogP contribution >= 0.6 is 0 Å². The summed E-state index contributed by atoms with van der Waals surface area (Å²) >= 11 is 0.360. The third-order valence-corrected chi connectivity index (χ3v) is 3.49. The van der Waals surface area contributed by atoms with E-state index in [0.29, 0.717) is 21.7 Å². The van der Waals surface area contributed by atoms with Crippen LogP contribution in [0.1, 0.15) is 45.4 Å². The molecule has 63 valence electrons. The predicted octanol–water partition coefficient (Wildman–Crippen LogP) is 2.78. The van der Waals surface area contributed by atoms with Crippen molar-refractivity contribution in [1.82, 2.24) is 0 Å². The van der Waals surface area contributed by atoms with Crippen molar-refractivity contribution in [2.75, 3.05) is 0 Å². The molecule has 1 heterocycles. The maximum absolute atomic E-state index is 5.71. The van der Waals surface area contributed by atoms with E-state index in [-0.39, 0.29) is 0 Å². The monoisotopic (exact) mass is 169 g/mol. The molecule has 0 aromatic heterocycles. The van der Waals surface area contributed by atoms with Crippen LogP contribution < -0.4 is 0 Å². The summed E-state index contributed by atoms with van der Waals surface area (Å²) in [4.78, 5) is 0. The Morgan fingerprint density at radius 2 is 2.36 bits per heavy atom. The lowest BCUT2D eigenvalue weighted by molar-refractivity contribution is 0.168. The fraction of sp³-hybridized carbons (Fsp3) is 1.00. The van der Waals surface area contributed by atoms with Crippen LogP contribution in [0.15, 0.2) is 0 Å². The Bertz CT molecular complexity index is 89.6. The van der Waals surface area contributed by atoms with Crippen molar-refractivity contribution in [2.24, 2.45) is 0 Å². The van der Waals surface area contributed by atoms with Crippen molar-refractivity contribution in [2.45, 2.75) is 56.8 Å². The van der Waals surface area contributed by atoms with Gasteiger partial charge in [-0.25, -0.2) is 0 Å². The standard InChI is InChI=1S/C9H18O.Al/c1-3-5-6-8-9(10)7-4-2;/h9H,2-8H2,1H3;/q-1;+1. The zero-order valence-electron chi connectivity index (χ0n) is 7.51. The molecular formula is C9H18AlO. The second-order valence-corrected chi connectivity index (χ2v) is 4.53. The summed E-state index contributed by atoms with van der Waals surface area (Å²) in [6.45, 7) is 2.26. The molecule has 11 heavy (non-hydrogen) atoms. The molecule has 2 heteroatoms. The van der Waals surface area contributed by atoms with Gasteiger partial charge in [0.05, 0.1) is 0 Å². The normalized spacial score (nSPS) is 24.6. The topological polar surface area (TPSA) is 9.23 Å². The van der Waals surface area contributed by atoms with E-state index in [1.807, 2.05) is 0 Å². The Hall–Kier alpha value is 0.492. The van der Waals surface area contributed by atoms with Gasteiger partial charge in [0.2, 0.25) is 0 Å². The van der Waals surface area contributed by atoms with Crippen LogP contribution in [0.2, 0.25) is 5.28 Å². The summed E-state index contributed by atoms with van der Waals surface area (Å²) in [6.07, 6.45) is 8.81. The van der Waals surface area contributed by atoms with Gasteiger partial charge in [0.1, 0.15) is 0 Å². The van der Waals surface area contributed by atoms with E-state index in [1.54, 1.807) is 0 Å². The molecule has 1 atom stereocenters. The first-order valence-corrected chi connectivity index (χ1v) is 6.19. The van der Waals surface area contributed by atoms with E-state index in [1.165, 1.54) is 43.8 Å². The second-order valence-electron chi connectivity index (χ2n) is 3.35. The zero-order valence-corrected chi connectivity index (χ0v) is 8.67. The van der Waals surface area contributed by atoms with Gasteiger partial charge in [-0.15, -0.1) is 0 Å². The molecule has 0 N–H and O–H groups in total. The van der Waals surface area contributed by atoms with Crippen LogP contribution in [0.5, 0.6) is 0 Å². The van der Waals surface area contributed by atoms with E-state index in [2.05, 4.69) is 6.92 Å². The third-order valence-electron chi connectivity index (χ3n) is 2.27. The van der Waals surface area contributed by atoms with Gasteiger partial charge < -0.3 is 3.79 Å². The molecular weight excluding hydrogens is 151 g/mol. The number of hydrogen-bond donors (Lipinski definition) is 0. The summed E-state index contributed by atoms with van der Waals surface area (Å²) in [7, 11) is 0. The molecule has 1 unspecified atom stereocenters. The highest BCUT2D eigenvalue weighted by Crippen LogP contribution is 2.17. The molecule has 0 aromatic carbocycles. The van der Waals surface area contributed by atoms with Crippen LogP contribution in [0.3, 0.4) is 0 Å². The van der Waals surface area contributed by atoms with Crippen molar-refractivity contribution >= 4 is 15.6 Å². The molecule has 0 saturated carbocycles. The summed E-state index contributed by atoms with van der Waals surface area (Å²) in [6, 6.07) is 0. The van der Waals surface area contributed by atoms with Crippen molar-refractivity contribution in [3.63, 3.8) is 0 Å². The highest BCUT2D eigenvalue weighted by Gasteiger charge is 2.13. The fourth-order valence-corrected chi connectivity index (χ4v) is 2.62. The molecule has 0 spiro atoms. The van der Waals surface area contributed by atoms with Gasteiger partial charge in [0.25, 0.3) is 0 Å². The molecule has 0 aromatic rings. The molecule has 0 aliphatic carbocycles. The van der Waals surface area contributed by atoms with Crippen molar-refractivity contribution in [3.05, 3.63) is 0 Å². The lowest BCUT2D eigenvalue weighted by Crippen LogP contribution is -2.20. The fourth-order valence-electron chi connectivity index (χ4n) is 1.54. The Morgan fingerprint density at radius 3 is 3.00 bits per heavy atom. The molecule has 1 saturated heterocycles. The van der Waals surface area contributed by atoms with Crippen LogP contribution in [-0.2, 0) is 3.79 Å². The SMILES string of the molecule is CCCCCC1CC[CH2][Al][O]1. The van der Waals surface area contributed by atoms with Gasteiger partial charge in [-0.1, -0.05) is 37.9 Å². The molecule has 0 bridgehead atoms. The van der Waals surface area contributed by atoms with Gasteiger partial charge in [0.15, 0.2) is 0 Å². The Kier molecular flexibility index (Phi) is 5.28. The van der Waals surface area contributed by atoms with Crippen LogP contribution in [0.25, 0.3) is 0 Å². The maximum Gasteiger partial charge on any atom is 0.423 e. The third kappa shape index (κ3) is 4.16. The Balaban J connectivity index is 1.96. The predicted molar refractivity (Wildman–Crippen MR) is 48.8 cm³/mol. The highest BCUT2D eigenvalue weighted by molar-refractivity contribution is 6.27. The summed E-state index contributed by atoms with van der Waals surface area (Å²) in [5, 5.41) is 1.37. The quantitative estimate of drug-likeness (QED) is 0.464. The van der Waals surface area contributed by atoms with E-state index in [0.717, 1.165) is 0 Å². The number of hydrogen-bond acceptors (Lipinski definition) is 1. The van der Waals surface area contributed by atoms with Crippen LogP contribution in [0, 0.1) is 0 Å². The molecule has 1 nitrogen and oxygen atoms in total. The highest BCUT2D eigenvalue weighted by atomic mass is 27.1. The first-order chi connectivity index (χ1) is 5.43. The lowest BCUT2D eigenvalue weighted by Gasteiger charge is -2.22. The average molecular weight is 169 g/mol. The van der Waals surface area contributed by atoms with Crippen molar-refractivity contribution < 1.29 is 3.79 Å². The molecule has 0 amide bonds. The minimum Gasteiger partial charge on any atom is -0.504 e.